The Morgan fingerprint density at radius 3 is 2.39 bits per heavy atom. The first-order valence-corrected chi connectivity index (χ1v) is 4.96. The monoisotopic (exact) mass is 255 g/mol. The number of benzene rings is 1. The minimum Gasteiger partial charge on any atom is -0.506 e. The van der Waals surface area contributed by atoms with Gasteiger partial charge in [-0.3, -0.25) is 4.98 Å². The molecule has 1 aromatic carbocycles. The Labute approximate surface area is 100 Å². The number of alkyl halides is 3. The second kappa shape index (κ2) is 4.56. The zero-order valence-corrected chi connectivity index (χ0v) is 8.98. The standard InChI is InChI=1S/C12H8F3NO2/c13-12(14,15)18-11-4-2-1-3-9(11)10-6-5-8(17)7-16-10/h1-7,17H. The van der Waals surface area contributed by atoms with Gasteiger partial charge in [-0.25, -0.2) is 0 Å². The molecule has 1 N–H and O–H groups in total. The van der Waals surface area contributed by atoms with Gasteiger partial charge in [-0.15, -0.1) is 13.2 Å². The summed E-state index contributed by atoms with van der Waals surface area (Å²) >= 11 is 0. The number of aromatic nitrogens is 1. The maximum Gasteiger partial charge on any atom is 0.573 e. The van der Waals surface area contributed by atoms with Crippen molar-refractivity contribution in [1.82, 2.24) is 4.98 Å². The molecule has 0 unspecified atom stereocenters. The van der Waals surface area contributed by atoms with Gasteiger partial charge in [0.1, 0.15) is 11.5 Å². The molecule has 0 fully saturated rings. The lowest BCUT2D eigenvalue weighted by atomic mass is 10.1. The molecule has 0 aliphatic rings. The Balaban J connectivity index is 2.41. The average molecular weight is 255 g/mol. The van der Waals surface area contributed by atoms with E-state index in [9.17, 15) is 13.2 Å². The van der Waals surface area contributed by atoms with Crippen LogP contribution in [-0.2, 0) is 0 Å². The quantitative estimate of drug-likeness (QED) is 0.894. The van der Waals surface area contributed by atoms with E-state index in [-0.39, 0.29) is 22.8 Å². The fraction of sp³-hybridized carbons (Fsp3) is 0.0833. The van der Waals surface area contributed by atoms with Crippen LogP contribution >= 0.6 is 0 Å². The van der Waals surface area contributed by atoms with Gasteiger partial charge in [-0.2, -0.15) is 0 Å². The number of hydrogen-bond acceptors (Lipinski definition) is 3. The number of ether oxygens (including phenoxy) is 1. The summed E-state index contributed by atoms with van der Waals surface area (Å²) in [5, 5.41) is 9.09. The van der Waals surface area contributed by atoms with Crippen LogP contribution in [0.1, 0.15) is 0 Å². The van der Waals surface area contributed by atoms with Crippen LogP contribution in [0.2, 0.25) is 0 Å². The molecule has 0 amide bonds. The molecule has 0 saturated carbocycles. The Kier molecular flexibility index (Phi) is 3.10. The highest BCUT2D eigenvalue weighted by Crippen LogP contribution is 2.32. The summed E-state index contributed by atoms with van der Waals surface area (Å²) in [7, 11) is 0. The molecular weight excluding hydrogens is 247 g/mol. The van der Waals surface area contributed by atoms with Crippen LogP contribution in [-0.4, -0.2) is 16.5 Å². The summed E-state index contributed by atoms with van der Waals surface area (Å²) < 4.78 is 40.6. The van der Waals surface area contributed by atoms with E-state index < -0.39 is 6.36 Å². The lowest BCUT2D eigenvalue weighted by Crippen LogP contribution is -2.17. The van der Waals surface area contributed by atoms with Crippen LogP contribution in [0.4, 0.5) is 13.2 Å². The van der Waals surface area contributed by atoms with Gasteiger partial charge in [0.05, 0.1) is 11.9 Å². The Morgan fingerprint density at radius 1 is 1.06 bits per heavy atom. The maximum absolute atomic E-state index is 12.2. The van der Waals surface area contributed by atoms with Gasteiger partial charge >= 0.3 is 6.36 Å². The Bertz CT molecular complexity index is 538. The van der Waals surface area contributed by atoms with Crippen LogP contribution < -0.4 is 4.74 Å². The summed E-state index contributed by atoms with van der Waals surface area (Å²) in [5.74, 6) is -0.392. The molecule has 1 heterocycles. The number of nitrogens with zero attached hydrogens (tertiary/aromatic N) is 1. The van der Waals surface area contributed by atoms with Crippen molar-refractivity contribution in [2.75, 3.05) is 0 Å². The molecule has 18 heavy (non-hydrogen) atoms. The number of pyridine rings is 1. The third-order valence-electron chi connectivity index (χ3n) is 2.14. The van der Waals surface area contributed by atoms with E-state index in [0.29, 0.717) is 0 Å². The third kappa shape index (κ3) is 2.91. The molecule has 0 atom stereocenters. The summed E-state index contributed by atoms with van der Waals surface area (Å²) in [6.07, 6.45) is -3.60. The predicted octanol–water partition coefficient (Wildman–Crippen LogP) is 3.35. The second-order valence-electron chi connectivity index (χ2n) is 3.45. The molecule has 6 heteroatoms. The third-order valence-corrected chi connectivity index (χ3v) is 2.14. The molecule has 0 aliphatic carbocycles. The first kappa shape index (κ1) is 12.2. The molecule has 2 rings (SSSR count). The minimum absolute atomic E-state index is 0.0621. The molecular formula is C12H8F3NO2. The van der Waals surface area contributed by atoms with Gasteiger partial charge in [0.2, 0.25) is 0 Å². The number of halogens is 3. The van der Waals surface area contributed by atoms with Gasteiger partial charge in [-0.1, -0.05) is 12.1 Å². The van der Waals surface area contributed by atoms with Crippen LogP contribution in [0.5, 0.6) is 11.5 Å². The van der Waals surface area contributed by atoms with Crippen molar-refractivity contribution in [1.29, 1.82) is 0 Å². The minimum atomic E-state index is -4.76. The highest BCUT2D eigenvalue weighted by atomic mass is 19.4. The molecule has 1 aromatic heterocycles. The summed E-state index contributed by atoms with van der Waals surface area (Å²) in [5.41, 5.74) is 0.488. The zero-order chi connectivity index (χ0) is 13.2. The smallest absolute Gasteiger partial charge is 0.506 e. The summed E-state index contributed by atoms with van der Waals surface area (Å²) in [6.45, 7) is 0. The number of aromatic hydroxyl groups is 1. The fourth-order valence-electron chi connectivity index (χ4n) is 1.44. The van der Waals surface area contributed by atoms with Crippen molar-refractivity contribution in [2.24, 2.45) is 0 Å². The molecule has 3 nitrogen and oxygen atoms in total. The van der Waals surface area contributed by atoms with Gasteiger partial charge in [0.25, 0.3) is 0 Å². The molecule has 2 aromatic rings. The van der Waals surface area contributed by atoms with Crippen LogP contribution in [0, 0.1) is 0 Å². The van der Waals surface area contributed by atoms with Crippen LogP contribution in [0.25, 0.3) is 11.3 Å². The topological polar surface area (TPSA) is 42.4 Å². The lowest BCUT2D eigenvalue weighted by molar-refractivity contribution is -0.274. The SMILES string of the molecule is Oc1ccc(-c2ccccc2OC(F)(F)F)nc1. The predicted molar refractivity (Wildman–Crippen MR) is 58.0 cm³/mol. The first-order chi connectivity index (χ1) is 8.46. The van der Waals surface area contributed by atoms with Crippen molar-refractivity contribution in [2.45, 2.75) is 6.36 Å². The molecule has 0 bridgehead atoms. The number of para-hydroxylation sites is 1. The van der Waals surface area contributed by atoms with E-state index in [1.54, 1.807) is 6.07 Å². The van der Waals surface area contributed by atoms with E-state index in [2.05, 4.69) is 9.72 Å². The zero-order valence-electron chi connectivity index (χ0n) is 8.98. The molecule has 0 saturated heterocycles. The normalized spacial score (nSPS) is 11.3. The number of hydrogen-bond donors (Lipinski definition) is 1. The number of rotatable bonds is 2. The Hall–Kier alpha value is -2.24. The highest BCUT2D eigenvalue weighted by Gasteiger charge is 2.32. The summed E-state index contributed by atoms with van der Waals surface area (Å²) in [6, 6.07) is 8.43. The van der Waals surface area contributed by atoms with Crippen molar-refractivity contribution < 1.29 is 23.0 Å². The van der Waals surface area contributed by atoms with E-state index in [4.69, 9.17) is 5.11 Å². The van der Waals surface area contributed by atoms with Crippen molar-refractivity contribution in [3.8, 4) is 22.8 Å². The van der Waals surface area contributed by atoms with Gasteiger partial charge in [0.15, 0.2) is 0 Å². The molecule has 0 spiro atoms. The summed E-state index contributed by atoms with van der Waals surface area (Å²) in [4.78, 5) is 3.84. The van der Waals surface area contributed by atoms with E-state index in [0.717, 1.165) is 6.20 Å². The van der Waals surface area contributed by atoms with Gasteiger partial charge < -0.3 is 9.84 Å². The van der Waals surface area contributed by atoms with Crippen molar-refractivity contribution in [3.63, 3.8) is 0 Å². The van der Waals surface area contributed by atoms with Gasteiger partial charge in [0, 0.05) is 5.56 Å². The van der Waals surface area contributed by atoms with E-state index in [1.165, 1.54) is 30.3 Å². The molecule has 94 valence electrons. The van der Waals surface area contributed by atoms with Crippen LogP contribution in [0.3, 0.4) is 0 Å². The molecule has 0 aliphatic heterocycles. The maximum atomic E-state index is 12.2. The van der Waals surface area contributed by atoms with Crippen LogP contribution in [0.15, 0.2) is 42.6 Å². The first-order valence-electron chi connectivity index (χ1n) is 4.96. The van der Waals surface area contributed by atoms with E-state index in [1.807, 2.05) is 0 Å². The highest BCUT2D eigenvalue weighted by molar-refractivity contribution is 5.67. The lowest BCUT2D eigenvalue weighted by Gasteiger charge is -2.12. The Morgan fingerprint density at radius 2 is 1.78 bits per heavy atom. The second-order valence-corrected chi connectivity index (χ2v) is 3.45. The van der Waals surface area contributed by atoms with Crippen molar-refractivity contribution >= 4 is 0 Å². The van der Waals surface area contributed by atoms with Crippen molar-refractivity contribution in [3.05, 3.63) is 42.6 Å². The largest absolute Gasteiger partial charge is 0.573 e. The average Bonchev–Trinajstić information content (AvgIpc) is 2.29. The molecule has 0 radical (unpaired) electrons. The fourth-order valence-corrected chi connectivity index (χ4v) is 1.44. The van der Waals surface area contributed by atoms with E-state index >= 15 is 0 Å². The van der Waals surface area contributed by atoms with Gasteiger partial charge in [-0.05, 0) is 24.3 Å².